The van der Waals surface area contributed by atoms with Crippen molar-refractivity contribution in [2.75, 3.05) is 23.7 Å². The van der Waals surface area contributed by atoms with Gasteiger partial charge in [-0.25, -0.2) is 4.98 Å². The average Bonchev–Trinajstić information content (AvgIpc) is 2.68. The molecule has 1 aliphatic rings. The number of anilines is 2. The summed E-state index contributed by atoms with van der Waals surface area (Å²) >= 11 is 3.36. The van der Waals surface area contributed by atoms with Crippen LogP contribution in [0.4, 0.5) is 11.8 Å². The Balaban J connectivity index is 2.13. The standard InChI is InChI=1S/C11H14BrN7O/c1-5-10(20)14-3-4-19(5)11-15-6-7(9(13)16-11)18(2)17-8(6)12/h5H,3-4H2,1-2H3,(H,14,20)(H2,13,15,16). The van der Waals surface area contributed by atoms with Gasteiger partial charge in [0.2, 0.25) is 11.9 Å². The number of aryl methyl sites for hydroxylation is 1. The van der Waals surface area contributed by atoms with E-state index in [2.05, 4.69) is 36.3 Å². The molecule has 20 heavy (non-hydrogen) atoms. The summed E-state index contributed by atoms with van der Waals surface area (Å²) in [7, 11) is 1.78. The Kier molecular flexibility index (Phi) is 3.00. The van der Waals surface area contributed by atoms with E-state index in [-0.39, 0.29) is 11.9 Å². The maximum atomic E-state index is 11.7. The molecule has 3 N–H and O–H groups in total. The van der Waals surface area contributed by atoms with Gasteiger partial charge in [0.05, 0.1) is 0 Å². The largest absolute Gasteiger partial charge is 0.382 e. The lowest BCUT2D eigenvalue weighted by molar-refractivity contribution is -0.122. The highest BCUT2D eigenvalue weighted by Crippen LogP contribution is 2.27. The summed E-state index contributed by atoms with van der Waals surface area (Å²) in [5, 5.41) is 7.03. The Hall–Kier alpha value is -1.90. The van der Waals surface area contributed by atoms with Crippen LogP contribution < -0.4 is 16.0 Å². The Labute approximate surface area is 123 Å². The predicted octanol–water partition coefficient (Wildman–Crippen LogP) is 0.0327. The third-order valence-electron chi connectivity index (χ3n) is 3.41. The minimum absolute atomic E-state index is 0.0382. The molecular formula is C11H14BrN7O. The van der Waals surface area contributed by atoms with Crippen molar-refractivity contribution in [3.8, 4) is 0 Å². The predicted molar refractivity (Wildman–Crippen MR) is 78.2 cm³/mol. The Morgan fingerprint density at radius 1 is 1.45 bits per heavy atom. The van der Waals surface area contributed by atoms with Gasteiger partial charge in [0.1, 0.15) is 17.1 Å². The fraction of sp³-hybridized carbons (Fsp3) is 0.455. The maximum Gasteiger partial charge on any atom is 0.242 e. The molecule has 0 bridgehead atoms. The van der Waals surface area contributed by atoms with E-state index in [0.717, 1.165) is 0 Å². The molecule has 0 aromatic carbocycles. The number of nitrogen functional groups attached to an aromatic ring is 1. The average molecular weight is 340 g/mol. The highest BCUT2D eigenvalue weighted by molar-refractivity contribution is 9.10. The van der Waals surface area contributed by atoms with Gasteiger partial charge in [-0.2, -0.15) is 10.1 Å². The van der Waals surface area contributed by atoms with Gasteiger partial charge in [0.25, 0.3) is 0 Å². The van der Waals surface area contributed by atoms with E-state index in [0.29, 0.717) is 40.5 Å². The molecule has 2 aromatic rings. The number of piperazine rings is 1. The lowest BCUT2D eigenvalue weighted by atomic mass is 10.2. The maximum absolute atomic E-state index is 11.7. The molecule has 1 atom stereocenters. The van der Waals surface area contributed by atoms with Crippen LogP contribution in [0.25, 0.3) is 11.0 Å². The summed E-state index contributed by atoms with van der Waals surface area (Å²) in [4.78, 5) is 22.4. The van der Waals surface area contributed by atoms with Crippen molar-refractivity contribution in [2.24, 2.45) is 7.05 Å². The van der Waals surface area contributed by atoms with Crippen molar-refractivity contribution in [3.05, 3.63) is 4.60 Å². The number of nitrogens with two attached hydrogens (primary N) is 1. The van der Waals surface area contributed by atoms with Crippen LogP contribution in [-0.2, 0) is 11.8 Å². The molecule has 1 fully saturated rings. The fourth-order valence-electron chi connectivity index (χ4n) is 2.34. The zero-order valence-corrected chi connectivity index (χ0v) is 12.7. The summed E-state index contributed by atoms with van der Waals surface area (Å²) in [6.45, 7) is 3.03. The van der Waals surface area contributed by atoms with E-state index >= 15 is 0 Å². The summed E-state index contributed by atoms with van der Waals surface area (Å²) in [6.07, 6.45) is 0. The summed E-state index contributed by atoms with van der Waals surface area (Å²) in [5.74, 6) is 0.763. The topological polar surface area (TPSA) is 102 Å². The number of hydrogen-bond acceptors (Lipinski definition) is 6. The second kappa shape index (κ2) is 4.58. The normalized spacial score (nSPS) is 19.4. The number of halogens is 1. The van der Waals surface area contributed by atoms with E-state index in [9.17, 15) is 4.79 Å². The van der Waals surface area contributed by atoms with Crippen molar-refractivity contribution in [1.82, 2.24) is 25.1 Å². The number of fused-ring (bicyclic) bond motifs is 1. The van der Waals surface area contributed by atoms with E-state index in [1.54, 1.807) is 11.7 Å². The van der Waals surface area contributed by atoms with Crippen molar-refractivity contribution in [1.29, 1.82) is 0 Å². The SMILES string of the molecule is CC1C(=O)NCCN1c1nc(N)c2c(n1)c(Br)nn2C. The number of rotatable bonds is 1. The molecule has 0 aliphatic carbocycles. The van der Waals surface area contributed by atoms with E-state index in [1.165, 1.54) is 0 Å². The first-order valence-electron chi connectivity index (χ1n) is 6.19. The van der Waals surface area contributed by atoms with Crippen LogP contribution >= 0.6 is 15.9 Å². The van der Waals surface area contributed by atoms with Gasteiger partial charge in [0.15, 0.2) is 10.4 Å². The van der Waals surface area contributed by atoms with Gasteiger partial charge in [0, 0.05) is 20.1 Å². The molecule has 0 saturated carbocycles. The van der Waals surface area contributed by atoms with Gasteiger partial charge >= 0.3 is 0 Å². The molecule has 106 valence electrons. The van der Waals surface area contributed by atoms with Crippen molar-refractivity contribution >= 4 is 44.6 Å². The molecule has 9 heteroatoms. The molecule has 1 amide bonds. The minimum Gasteiger partial charge on any atom is -0.382 e. The number of carbonyl (C=O) groups is 1. The molecule has 0 spiro atoms. The third kappa shape index (κ3) is 1.89. The number of hydrogen-bond donors (Lipinski definition) is 2. The van der Waals surface area contributed by atoms with Gasteiger partial charge in [-0.3, -0.25) is 9.48 Å². The van der Waals surface area contributed by atoms with Crippen LogP contribution in [0.1, 0.15) is 6.92 Å². The molecule has 3 heterocycles. The Morgan fingerprint density at radius 2 is 2.20 bits per heavy atom. The molecule has 1 aliphatic heterocycles. The molecular weight excluding hydrogens is 326 g/mol. The molecule has 3 rings (SSSR count). The first kappa shape index (κ1) is 13.1. The molecule has 1 unspecified atom stereocenters. The first-order valence-corrected chi connectivity index (χ1v) is 6.98. The van der Waals surface area contributed by atoms with Crippen LogP contribution in [0.5, 0.6) is 0 Å². The lowest BCUT2D eigenvalue weighted by Gasteiger charge is -2.32. The number of carbonyl (C=O) groups excluding carboxylic acids is 1. The highest BCUT2D eigenvalue weighted by atomic mass is 79.9. The summed E-state index contributed by atoms with van der Waals surface area (Å²) < 4.78 is 2.24. The van der Waals surface area contributed by atoms with E-state index in [1.807, 2.05) is 11.8 Å². The van der Waals surface area contributed by atoms with Gasteiger partial charge in [-0.15, -0.1) is 0 Å². The second-order valence-electron chi connectivity index (χ2n) is 4.68. The molecule has 1 saturated heterocycles. The van der Waals surface area contributed by atoms with Crippen LogP contribution in [0.3, 0.4) is 0 Å². The molecule has 0 radical (unpaired) electrons. The summed E-state index contributed by atoms with van der Waals surface area (Å²) in [5.41, 5.74) is 7.32. The van der Waals surface area contributed by atoms with Gasteiger partial charge in [-0.05, 0) is 22.9 Å². The smallest absolute Gasteiger partial charge is 0.242 e. The highest BCUT2D eigenvalue weighted by Gasteiger charge is 2.28. The first-order chi connectivity index (χ1) is 9.49. The van der Waals surface area contributed by atoms with Gasteiger partial charge < -0.3 is 16.0 Å². The zero-order valence-electron chi connectivity index (χ0n) is 11.1. The molecule has 2 aromatic heterocycles. The third-order valence-corrected chi connectivity index (χ3v) is 3.95. The number of nitrogens with zero attached hydrogens (tertiary/aromatic N) is 5. The van der Waals surface area contributed by atoms with Crippen LogP contribution in [0.15, 0.2) is 4.60 Å². The van der Waals surface area contributed by atoms with Crippen molar-refractivity contribution in [3.63, 3.8) is 0 Å². The van der Waals surface area contributed by atoms with Crippen molar-refractivity contribution in [2.45, 2.75) is 13.0 Å². The Bertz CT molecular complexity index is 698. The molecule has 8 nitrogen and oxygen atoms in total. The fourth-order valence-corrected chi connectivity index (χ4v) is 2.85. The number of aromatic nitrogens is 4. The number of nitrogens with one attached hydrogen (secondary N) is 1. The second-order valence-corrected chi connectivity index (χ2v) is 5.43. The summed E-state index contributed by atoms with van der Waals surface area (Å²) in [6, 6.07) is -0.323. The Morgan fingerprint density at radius 3 is 2.95 bits per heavy atom. The van der Waals surface area contributed by atoms with Crippen LogP contribution in [-0.4, -0.2) is 44.8 Å². The van der Waals surface area contributed by atoms with Crippen molar-refractivity contribution < 1.29 is 4.79 Å². The quantitative estimate of drug-likeness (QED) is 0.760. The van der Waals surface area contributed by atoms with E-state index in [4.69, 9.17) is 5.73 Å². The monoisotopic (exact) mass is 339 g/mol. The van der Waals surface area contributed by atoms with Crippen LogP contribution in [0, 0.1) is 0 Å². The van der Waals surface area contributed by atoms with E-state index < -0.39 is 0 Å². The van der Waals surface area contributed by atoms with Crippen LogP contribution in [0.2, 0.25) is 0 Å². The zero-order chi connectivity index (χ0) is 14.4. The number of amides is 1. The van der Waals surface area contributed by atoms with Gasteiger partial charge in [-0.1, -0.05) is 0 Å². The minimum atomic E-state index is -0.323. The lowest BCUT2D eigenvalue weighted by Crippen LogP contribution is -2.54.